The zero-order valence-corrected chi connectivity index (χ0v) is 22.6. The molecule has 1 aliphatic heterocycles. The highest BCUT2D eigenvalue weighted by Crippen LogP contribution is 2.45. The van der Waals surface area contributed by atoms with Gasteiger partial charge in [-0.1, -0.05) is 60.7 Å². The summed E-state index contributed by atoms with van der Waals surface area (Å²) in [6.07, 6.45) is 1.14. The Bertz CT molecular complexity index is 1560. The predicted octanol–water partition coefficient (Wildman–Crippen LogP) is 7.26. The van der Waals surface area contributed by atoms with Gasteiger partial charge in [0.1, 0.15) is 12.4 Å². The van der Waals surface area contributed by atoms with E-state index in [9.17, 15) is 4.79 Å². The maximum Gasteiger partial charge on any atom is 0.163 e. The Hall–Kier alpha value is -4.71. The van der Waals surface area contributed by atoms with E-state index in [2.05, 4.69) is 16.7 Å². The molecule has 0 bridgehead atoms. The zero-order valence-electron chi connectivity index (χ0n) is 22.6. The monoisotopic (exact) mass is 532 g/mol. The summed E-state index contributed by atoms with van der Waals surface area (Å²) >= 11 is 0. The average Bonchev–Trinajstić information content (AvgIpc) is 3.17. The number of methoxy groups -OCH3 is 2. The van der Waals surface area contributed by atoms with Crippen LogP contribution in [0, 0.1) is 0 Å². The van der Waals surface area contributed by atoms with Crippen LogP contribution >= 0.6 is 0 Å². The lowest BCUT2D eigenvalue weighted by Gasteiger charge is -2.30. The Balaban J connectivity index is 1.39. The molecule has 1 heterocycles. The fraction of sp³-hybridized carbons (Fsp3) is 0.206. The predicted molar refractivity (Wildman–Crippen MR) is 157 cm³/mol. The van der Waals surface area contributed by atoms with Crippen LogP contribution in [0.5, 0.6) is 17.2 Å². The number of hydrogen-bond acceptors (Lipinski definition) is 6. The minimum absolute atomic E-state index is 0.0559. The van der Waals surface area contributed by atoms with Crippen LogP contribution in [0.4, 0.5) is 11.4 Å². The van der Waals surface area contributed by atoms with Gasteiger partial charge in [-0.05, 0) is 65.4 Å². The van der Waals surface area contributed by atoms with Crippen LogP contribution < -0.4 is 24.8 Å². The highest BCUT2D eigenvalue weighted by molar-refractivity contribution is 6.01. The van der Waals surface area contributed by atoms with Crippen molar-refractivity contribution in [3.63, 3.8) is 0 Å². The van der Waals surface area contributed by atoms with E-state index in [1.54, 1.807) is 14.2 Å². The number of rotatable bonds is 7. The van der Waals surface area contributed by atoms with Gasteiger partial charge < -0.3 is 24.8 Å². The Kier molecular flexibility index (Phi) is 7.15. The number of fused-ring (bicyclic) bond motifs is 1. The van der Waals surface area contributed by atoms with Crippen molar-refractivity contribution in [3.8, 4) is 17.2 Å². The fourth-order valence-corrected chi connectivity index (χ4v) is 5.59. The maximum absolute atomic E-state index is 13.9. The lowest BCUT2D eigenvalue weighted by Crippen LogP contribution is -2.27. The van der Waals surface area contributed by atoms with Gasteiger partial charge in [-0.25, -0.2) is 0 Å². The first-order chi connectivity index (χ1) is 19.6. The molecule has 6 rings (SSSR count). The second-order valence-corrected chi connectivity index (χ2v) is 10.1. The second-order valence-electron chi connectivity index (χ2n) is 10.1. The Morgan fingerprint density at radius 1 is 0.750 bits per heavy atom. The van der Waals surface area contributed by atoms with Crippen molar-refractivity contribution in [1.82, 2.24) is 0 Å². The van der Waals surface area contributed by atoms with Gasteiger partial charge in [-0.15, -0.1) is 0 Å². The molecule has 6 heteroatoms. The molecule has 0 radical (unpaired) electrons. The van der Waals surface area contributed by atoms with Gasteiger partial charge in [0.05, 0.1) is 31.6 Å². The smallest absolute Gasteiger partial charge is 0.163 e. The Morgan fingerprint density at radius 3 is 2.35 bits per heavy atom. The molecule has 4 aromatic carbocycles. The van der Waals surface area contributed by atoms with Crippen LogP contribution in [0.25, 0.3) is 0 Å². The van der Waals surface area contributed by atoms with E-state index >= 15 is 0 Å². The van der Waals surface area contributed by atoms with Crippen molar-refractivity contribution >= 4 is 17.2 Å². The van der Waals surface area contributed by atoms with Gasteiger partial charge in [0, 0.05) is 17.7 Å². The highest BCUT2D eigenvalue weighted by Gasteiger charge is 2.36. The largest absolute Gasteiger partial charge is 0.497 e. The molecule has 6 nitrogen and oxygen atoms in total. The molecule has 40 heavy (non-hydrogen) atoms. The molecule has 2 N–H and O–H groups in total. The number of nitrogens with one attached hydrogen (secondary N) is 2. The quantitative estimate of drug-likeness (QED) is 0.261. The number of anilines is 2. The second kappa shape index (κ2) is 11.2. The van der Waals surface area contributed by atoms with Gasteiger partial charge in [0.25, 0.3) is 0 Å². The summed E-state index contributed by atoms with van der Waals surface area (Å²) in [6, 6.07) is 31.7. The SMILES string of the molecule is COc1cccc(C2CC(=O)C3=C(C2)Nc2ccccc2NC3c2ccc(OC)c(OCc3ccccc3)c2)c1. The van der Waals surface area contributed by atoms with Crippen molar-refractivity contribution in [2.45, 2.75) is 31.4 Å². The van der Waals surface area contributed by atoms with Gasteiger partial charge in [0.2, 0.25) is 0 Å². The number of hydrogen-bond donors (Lipinski definition) is 2. The molecule has 0 spiro atoms. The summed E-state index contributed by atoms with van der Waals surface area (Å²) in [5.74, 6) is 2.25. The van der Waals surface area contributed by atoms with E-state index in [1.165, 1.54) is 0 Å². The molecule has 202 valence electrons. The number of para-hydroxylation sites is 2. The maximum atomic E-state index is 13.9. The van der Waals surface area contributed by atoms with Crippen molar-refractivity contribution in [2.24, 2.45) is 0 Å². The van der Waals surface area contributed by atoms with E-state index < -0.39 is 0 Å². The van der Waals surface area contributed by atoms with Gasteiger partial charge in [0.15, 0.2) is 17.3 Å². The number of ketones is 1. The van der Waals surface area contributed by atoms with Crippen LogP contribution in [0.2, 0.25) is 0 Å². The lowest BCUT2D eigenvalue weighted by molar-refractivity contribution is -0.116. The molecule has 2 aliphatic rings. The molecule has 1 aliphatic carbocycles. The molecular weight excluding hydrogens is 500 g/mol. The fourth-order valence-electron chi connectivity index (χ4n) is 5.59. The third-order valence-corrected chi connectivity index (χ3v) is 7.63. The molecule has 0 fully saturated rings. The van der Waals surface area contributed by atoms with Crippen LogP contribution in [-0.2, 0) is 11.4 Å². The number of carbonyl (C=O) groups is 1. The van der Waals surface area contributed by atoms with E-state index in [-0.39, 0.29) is 17.7 Å². The number of Topliss-reactive ketones (excluding diaryl/α,β-unsaturated/α-hetero) is 1. The Morgan fingerprint density at radius 2 is 1.55 bits per heavy atom. The van der Waals surface area contributed by atoms with Crippen molar-refractivity contribution < 1.29 is 19.0 Å². The first-order valence-corrected chi connectivity index (χ1v) is 13.5. The molecule has 0 saturated carbocycles. The van der Waals surface area contributed by atoms with E-state index in [4.69, 9.17) is 14.2 Å². The van der Waals surface area contributed by atoms with Crippen LogP contribution in [0.3, 0.4) is 0 Å². The van der Waals surface area contributed by atoms with Gasteiger partial charge in [-0.3, -0.25) is 4.79 Å². The van der Waals surface area contributed by atoms with E-state index in [0.29, 0.717) is 30.9 Å². The van der Waals surface area contributed by atoms with Gasteiger partial charge >= 0.3 is 0 Å². The van der Waals surface area contributed by atoms with E-state index in [0.717, 1.165) is 45.1 Å². The zero-order chi connectivity index (χ0) is 27.5. The molecule has 2 unspecified atom stereocenters. The number of ether oxygens (including phenoxy) is 3. The molecule has 0 aromatic heterocycles. The topological polar surface area (TPSA) is 68.8 Å². The van der Waals surface area contributed by atoms with E-state index in [1.807, 2.05) is 91.0 Å². The molecule has 4 aromatic rings. The first-order valence-electron chi connectivity index (χ1n) is 13.5. The molecule has 2 atom stereocenters. The van der Waals surface area contributed by atoms with Crippen LogP contribution in [0.15, 0.2) is 108 Å². The minimum atomic E-state index is -0.352. The number of allylic oxidation sites excluding steroid dienone is 1. The summed E-state index contributed by atoms with van der Waals surface area (Å²) in [4.78, 5) is 13.9. The summed E-state index contributed by atoms with van der Waals surface area (Å²) in [7, 11) is 3.30. The lowest BCUT2D eigenvalue weighted by atomic mass is 9.78. The molecule has 0 amide bonds. The summed E-state index contributed by atoms with van der Waals surface area (Å²) in [5, 5.41) is 7.27. The standard InChI is InChI=1S/C34H32N2O4/c1-38-26-12-8-11-23(17-26)25-18-29-33(30(37)19-25)34(36-28-14-7-6-13-27(28)35-29)24-15-16-31(39-2)32(20-24)40-21-22-9-4-3-5-10-22/h3-17,20,25,34-36H,18-19,21H2,1-2H3. The average molecular weight is 533 g/mol. The first kappa shape index (κ1) is 25.6. The van der Waals surface area contributed by atoms with Crippen LogP contribution in [-0.4, -0.2) is 20.0 Å². The van der Waals surface area contributed by atoms with Gasteiger partial charge in [-0.2, -0.15) is 0 Å². The molecule has 0 saturated heterocycles. The highest BCUT2D eigenvalue weighted by atomic mass is 16.5. The third kappa shape index (κ3) is 5.13. The van der Waals surface area contributed by atoms with Crippen molar-refractivity contribution in [1.29, 1.82) is 0 Å². The third-order valence-electron chi connectivity index (χ3n) is 7.63. The summed E-state index contributed by atoms with van der Waals surface area (Å²) in [6.45, 7) is 0.415. The number of benzene rings is 4. The van der Waals surface area contributed by atoms with Crippen LogP contribution in [0.1, 0.15) is 41.5 Å². The summed E-state index contributed by atoms with van der Waals surface area (Å²) in [5.41, 5.74) is 6.69. The summed E-state index contributed by atoms with van der Waals surface area (Å²) < 4.78 is 17.3. The molecular formula is C34H32N2O4. The van der Waals surface area contributed by atoms with Crippen molar-refractivity contribution in [2.75, 3.05) is 24.9 Å². The minimum Gasteiger partial charge on any atom is -0.497 e. The van der Waals surface area contributed by atoms with Crippen molar-refractivity contribution in [3.05, 3.63) is 125 Å². The number of carbonyl (C=O) groups excluding carboxylic acids is 1. The Labute approximate surface area is 234 Å². The normalized spacial score (nSPS) is 18.0.